The average Bonchev–Trinajstić information content (AvgIpc) is 2.90. The van der Waals surface area contributed by atoms with Crippen LogP contribution in [0.2, 0.25) is 0 Å². The van der Waals surface area contributed by atoms with Crippen LogP contribution in [-0.2, 0) is 4.79 Å². The van der Waals surface area contributed by atoms with Gasteiger partial charge in [-0.1, -0.05) is 18.9 Å². The van der Waals surface area contributed by atoms with E-state index in [0.717, 1.165) is 5.92 Å². The zero-order valence-electron chi connectivity index (χ0n) is 15.5. The quantitative estimate of drug-likeness (QED) is 0.914. The van der Waals surface area contributed by atoms with Gasteiger partial charge in [0.2, 0.25) is 5.91 Å². The molecule has 25 heavy (non-hydrogen) atoms. The Morgan fingerprint density at radius 1 is 1.24 bits per heavy atom. The normalized spacial score (nSPS) is 26.1. The predicted octanol–water partition coefficient (Wildman–Crippen LogP) is 2.98. The molecule has 3 atom stereocenters. The highest BCUT2D eigenvalue weighted by atomic mass is 16.2. The van der Waals surface area contributed by atoms with Crippen LogP contribution in [0.1, 0.15) is 49.4 Å². The SMILES string of the molecule is C[C@@H]1C[C@@H]2CCCC[C@H]2N1CC(=O)Nc1cccc(C(=O)N(C)C)c1. The molecular formula is C20H29N3O2. The number of nitrogens with one attached hydrogen (secondary N) is 1. The molecule has 1 N–H and O–H groups in total. The van der Waals surface area contributed by atoms with Gasteiger partial charge in [-0.3, -0.25) is 14.5 Å². The van der Waals surface area contributed by atoms with E-state index in [9.17, 15) is 9.59 Å². The molecule has 0 aromatic heterocycles. The Bertz CT molecular complexity index is 644. The molecule has 2 fully saturated rings. The molecule has 0 unspecified atom stereocenters. The summed E-state index contributed by atoms with van der Waals surface area (Å²) in [6.45, 7) is 2.68. The molecule has 1 heterocycles. The van der Waals surface area contributed by atoms with Crippen LogP contribution < -0.4 is 5.32 Å². The van der Waals surface area contributed by atoms with Crippen LogP contribution in [0.25, 0.3) is 0 Å². The van der Waals surface area contributed by atoms with Crippen molar-refractivity contribution < 1.29 is 9.59 Å². The second-order valence-electron chi connectivity index (χ2n) is 7.70. The van der Waals surface area contributed by atoms with Crippen molar-refractivity contribution in [3.63, 3.8) is 0 Å². The Morgan fingerprint density at radius 2 is 2.00 bits per heavy atom. The molecular weight excluding hydrogens is 314 g/mol. The molecule has 0 radical (unpaired) electrons. The number of nitrogens with zero attached hydrogens (tertiary/aromatic N) is 2. The highest BCUT2D eigenvalue weighted by Crippen LogP contribution is 2.39. The van der Waals surface area contributed by atoms with Gasteiger partial charge in [0.15, 0.2) is 0 Å². The minimum atomic E-state index is -0.0608. The van der Waals surface area contributed by atoms with Crippen LogP contribution >= 0.6 is 0 Å². The summed E-state index contributed by atoms with van der Waals surface area (Å²) in [6, 6.07) is 8.20. The van der Waals surface area contributed by atoms with Crippen molar-refractivity contribution >= 4 is 17.5 Å². The first-order valence-corrected chi connectivity index (χ1v) is 9.33. The molecule has 1 aromatic carbocycles. The number of rotatable bonds is 4. The van der Waals surface area contributed by atoms with Crippen LogP contribution in [-0.4, -0.2) is 54.3 Å². The molecule has 5 heteroatoms. The lowest BCUT2D eigenvalue weighted by Crippen LogP contribution is -2.42. The fourth-order valence-corrected chi connectivity index (χ4v) is 4.43. The van der Waals surface area contributed by atoms with E-state index in [1.807, 2.05) is 12.1 Å². The standard InChI is InChI=1S/C20H29N3O2/c1-14-11-15-7-4-5-10-18(15)23(14)13-19(24)21-17-9-6-8-16(12-17)20(25)22(2)3/h6,8-9,12,14-15,18H,4-5,7,10-11,13H2,1-3H3,(H,21,24)/t14-,15+,18-/m1/s1. The molecule has 1 aliphatic carbocycles. The molecule has 2 amide bonds. The molecule has 0 spiro atoms. The van der Waals surface area contributed by atoms with Gasteiger partial charge in [-0.25, -0.2) is 0 Å². The van der Waals surface area contributed by atoms with Crippen LogP contribution in [0.5, 0.6) is 0 Å². The number of hydrogen-bond donors (Lipinski definition) is 1. The summed E-state index contributed by atoms with van der Waals surface area (Å²) in [4.78, 5) is 28.5. The van der Waals surface area contributed by atoms with Crippen molar-refractivity contribution in [2.24, 2.45) is 5.92 Å². The van der Waals surface area contributed by atoms with Gasteiger partial charge < -0.3 is 10.2 Å². The maximum absolute atomic E-state index is 12.6. The maximum Gasteiger partial charge on any atom is 0.253 e. The number of benzene rings is 1. The third kappa shape index (κ3) is 4.03. The van der Waals surface area contributed by atoms with Crippen molar-refractivity contribution in [3.05, 3.63) is 29.8 Å². The van der Waals surface area contributed by atoms with Crippen molar-refractivity contribution in [2.75, 3.05) is 26.0 Å². The first-order chi connectivity index (χ1) is 12.0. The zero-order valence-corrected chi connectivity index (χ0v) is 15.5. The summed E-state index contributed by atoms with van der Waals surface area (Å²) in [7, 11) is 3.45. The predicted molar refractivity (Wildman–Crippen MR) is 99.6 cm³/mol. The monoisotopic (exact) mass is 343 g/mol. The van der Waals surface area contributed by atoms with Crippen LogP contribution in [0.3, 0.4) is 0 Å². The molecule has 1 saturated carbocycles. The highest BCUT2D eigenvalue weighted by molar-refractivity contribution is 5.97. The molecule has 2 aliphatic rings. The first kappa shape index (κ1) is 17.9. The van der Waals surface area contributed by atoms with E-state index >= 15 is 0 Å². The molecule has 1 saturated heterocycles. The van der Waals surface area contributed by atoms with Gasteiger partial charge in [-0.15, -0.1) is 0 Å². The Balaban J connectivity index is 1.63. The minimum Gasteiger partial charge on any atom is -0.345 e. The summed E-state index contributed by atoms with van der Waals surface area (Å²) in [6.07, 6.45) is 6.35. The Labute approximate surface area is 150 Å². The van der Waals surface area contributed by atoms with Gasteiger partial charge in [0.25, 0.3) is 5.91 Å². The third-order valence-electron chi connectivity index (χ3n) is 5.63. The highest BCUT2D eigenvalue weighted by Gasteiger charge is 2.40. The summed E-state index contributed by atoms with van der Waals surface area (Å²) in [5.41, 5.74) is 1.27. The number of amides is 2. The van der Waals surface area contributed by atoms with E-state index in [-0.39, 0.29) is 11.8 Å². The molecule has 1 aromatic rings. The Hall–Kier alpha value is -1.88. The minimum absolute atomic E-state index is 0.00697. The number of likely N-dealkylation sites (tertiary alicyclic amines) is 1. The lowest BCUT2D eigenvalue weighted by Gasteiger charge is -2.32. The molecule has 3 rings (SSSR count). The van der Waals surface area contributed by atoms with Crippen molar-refractivity contribution in [3.8, 4) is 0 Å². The summed E-state index contributed by atoms with van der Waals surface area (Å²) >= 11 is 0. The largest absolute Gasteiger partial charge is 0.345 e. The smallest absolute Gasteiger partial charge is 0.253 e. The van der Waals surface area contributed by atoms with Gasteiger partial charge >= 0.3 is 0 Å². The van der Waals surface area contributed by atoms with E-state index < -0.39 is 0 Å². The van der Waals surface area contributed by atoms with Gasteiger partial charge in [0.05, 0.1) is 6.54 Å². The van der Waals surface area contributed by atoms with Crippen molar-refractivity contribution in [1.29, 1.82) is 0 Å². The van der Waals surface area contributed by atoms with Crippen LogP contribution in [0, 0.1) is 5.92 Å². The zero-order chi connectivity index (χ0) is 18.0. The van der Waals surface area contributed by atoms with Crippen LogP contribution in [0.15, 0.2) is 24.3 Å². The average molecular weight is 343 g/mol. The van der Waals surface area contributed by atoms with E-state index in [0.29, 0.717) is 29.9 Å². The number of fused-ring (bicyclic) bond motifs is 1. The Morgan fingerprint density at radius 3 is 2.76 bits per heavy atom. The molecule has 136 valence electrons. The fourth-order valence-electron chi connectivity index (χ4n) is 4.43. The molecule has 0 bridgehead atoms. The Kier molecular flexibility index (Phi) is 5.42. The molecule has 1 aliphatic heterocycles. The van der Waals surface area contributed by atoms with Crippen molar-refractivity contribution in [2.45, 2.75) is 51.1 Å². The molecule has 5 nitrogen and oxygen atoms in total. The fraction of sp³-hybridized carbons (Fsp3) is 0.600. The number of hydrogen-bond acceptors (Lipinski definition) is 3. The van der Waals surface area contributed by atoms with Gasteiger partial charge in [-0.05, 0) is 50.3 Å². The topological polar surface area (TPSA) is 52.7 Å². The van der Waals surface area contributed by atoms with Crippen LogP contribution in [0.4, 0.5) is 5.69 Å². The lowest BCUT2D eigenvalue weighted by atomic mass is 9.85. The summed E-state index contributed by atoms with van der Waals surface area (Å²) < 4.78 is 0. The maximum atomic E-state index is 12.6. The number of anilines is 1. The van der Waals surface area contributed by atoms with Gasteiger partial charge in [0, 0.05) is 37.4 Å². The van der Waals surface area contributed by atoms with Gasteiger partial charge in [0.1, 0.15) is 0 Å². The second kappa shape index (κ2) is 7.56. The van der Waals surface area contributed by atoms with Crippen molar-refractivity contribution in [1.82, 2.24) is 9.80 Å². The van der Waals surface area contributed by atoms with E-state index in [1.54, 1.807) is 26.2 Å². The first-order valence-electron chi connectivity index (χ1n) is 9.33. The number of carbonyl (C=O) groups is 2. The number of carbonyl (C=O) groups excluding carboxylic acids is 2. The second-order valence-corrected chi connectivity index (χ2v) is 7.70. The lowest BCUT2D eigenvalue weighted by molar-refractivity contribution is -0.118. The summed E-state index contributed by atoms with van der Waals surface area (Å²) in [5.74, 6) is 0.708. The van der Waals surface area contributed by atoms with Gasteiger partial charge in [-0.2, -0.15) is 0 Å². The summed E-state index contributed by atoms with van der Waals surface area (Å²) in [5, 5.41) is 2.97. The van der Waals surface area contributed by atoms with E-state index in [1.165, 1.54) is 37.0 Å². The van der Waals surface area contributed by atoms with E-state index in [2.05, 4.69) is 17.1 Å². The third-order valence-corrected chi connectivity index (χ3v) is 5.63. The van der Waals surface area contributed by atoms with E-state index in [4.69, 9.17) is 0 Å².